The lowest BCUT2D eigenvalue weighted by Gasteiger charge is -2.07. The fourth-order valence-electron chi connectivity index (χ4n) is 2.83. The first-order chi connectivity index (χ1) is 14.8. The van der Waals surface area contributed by atoms with E-state index in [0.29, 0.717) is 11.4 Å². The second-order valence-electron chi connectivity index (χ2n) is 6.50. The van der Waals surface area contributed by atoms with Crippen LogP contribution < -0.4 is 15.6 Å². The van der Waals surface area contributed by atoms with Gasteiger partial charge in [-0.05, 0) is 31.2 Å². The molecule has 0 saturated heterocycles. The molecule has 1 aromatic heterocycles. The van der Waals surface area contributed by atoms with Crippen LogP contribution in [0.5, 0.6) is 5.75 Å². The van der Waals surface area contributed by atoms with Crippen LogP contribution in [-0.4, -0.2) is 32.7 Å². The number of amides is 1. The van der Waals surface area contributed by atoms with E-state index in [0.717, 1.165) is 11.8 Å². The number of rotatable bonds is 7. The Morgan fingerprint density at radius 2 is 1.77 bits per heavy atom. The standard InChI is InChI=1S/C21H19Cl2N3O4S/c1-13-20(21(29)26(25(13)2)14-7-4-3-5-8-14)24-17(27)11-31-12-18(28)30-16-10-6-9-15(22)19(16)23/h3-10H,11-12H2,1-2H3,(H,24,27). The maximum absolute atomic E-state index is 12.8. The van der Waals surface area contributed by atoms with Crippen molar-refractivity contribution in [2.24, 2.45) is 7.05 Å². The summed E-state index contributed by atoms with van der Waals surface area (Å²) in [4.78, 5) is 37.1. The van der Waals surface area contributed by atoms with Gasteiger partial charge in [-0.15, -0.1) is 11.8 Å². The highest BCUT2D eigenvalue weighted by Gasteiger charge is 2.18. The molecule has 0 saturated carbocycles. The van der Waals surface area contributed by atoms with E-state index in [1.807, 2.05) is 18.2 Å². The van der Waals surface area contributed by atoms with Crippen LogP contribution in [0.1, 0.15) is 5.69 Å². The van der Waals surface area contributed by atoms with Gasteiger partial charge in [0.2, 0.25) is 5.91 Å². The summed E-state index contributed by atoms with van der Waals surface area (Å²) in [6.45, 7) is 1.75. The number of nitrogens with one attached hydrogen (secondary N) is 1. The van der Waals surface area contributed by atoms with Gasteiger partial charge >= 0.3 is 5.97 Å². The summed E-state index contributed by atoms with van der Waals surface area (Å²) in [5.41, 5.74) is 1.17. The van der Waals surface area contributed by atoms with Crippen LogP contribution in [0, 0.1) is 6.92 Å². The van der Waals surface area contributed by atoms with E-state index in [9.17, 15) is 14.4 Å². The van der Waals surface area contributed by atoms with Crippen LogP contribution in [0.2, 0.25) is 10.0 Å². The average Bonchev–Trinajstić information content (AvgIpc) is 2.95. The smallest absolute Gasteiger partial charge is 0.321 e. The van der Waals surface area contributed by atoms with Crippen molar-refractivity contribution < 1.29 is 14.3 Å². The van der Waals surface area contributed by atoms with Gasteiger partial charge in [-0.2, -0.15) is 0 Å². The Balaban J connectivity index is 1.59. The van der Waals surface area contributed by atoms with Gasteiger partial charge in [-0.25, -0.2) is 4.68 Å². The third-order valence-electron chi connectivity index (χ3n) is 4.41. The number of carbonyl (C=O) groups is 2. The molecule has 0 unspecified atom stereocenters. The number of thioether (sulfide) groups is 1. The van der Waals surface area contributed by atoms with Crippen LogP contribution in [0.3, 0.4) is 0 Å². The van der Waals surface area contributed by atoms with E-state index in [2.05, 4.69) is 5.32 Å². The zero-order chi connectivity index (χ0) is 22.5. The highest BCUT2D eigenvalue weighted by Crippen LogP contribution is 2.31. The zero-order valence-corrected chi connectivity index (χ0v) is 19.1. The summed E-state index contributed by atoms with van der Waals surface area (Å²) in [7, 11) is 1.74. The van der Waals surface area contributed by atoms with Crippen LogP contribution in [0.25, 0.3) is 5.69 Å². The van der Waals surface area contributed by atoms with Gasteiger partial charge in [0.15, 0.2) is 5.75 Å². The molecule has 0 aliphatic carbocycles. The Morgan fingerprint density at radius 3 is 2.48 bits per heavy atom. The Morgan fingerprint density at radius 1 is 1.06 bits per heavy atom. The molecule has 162 valence electrons. The first-order valence-electron chi connectivity index (χ1n) is 9.16. The maximum Gasteiger partial charge on any atom is 0.321 e. The summed E-state index contributed by atoms with van der Waals surface area (Å²) in [6, 6.07) is 13.8. The molecule has 10 heteroatoms. The van der Waals surface area contributed by atoms with Crippen LogP contribution in [-0.2, 0) is 16.6 Å². The molecule has 0 fully saturated rings. The summed E-state index contributed by atoms with van der Waals surface area (Å²) in [6.07, 6.45) is 0. The van der Waals surface area contributed by atoms with Crippen molar-refractivity contribution in [1.82, 2.24) is 9.36 Å². The molecule has 0 bridgehead atoms. The van der Waals surface area contributed by atoms with E-state index in [4.69, 9.17) is 27.9 Å². The summed E-state index contributed by atoms with van der Waals surface area (Å²) < 4.78 is 8.32. The molecule has 1 heterocycles. The summed E-state index contributed by atoms with van der Waals surface area (Å²) in [5.74, 6) is -0.907. The van der Waals surface area contributed by atoms with Crippen LogP contribution in [0.15, 0.2) is 53.3 Å². The van der Waals surface area contributed by atoms with Crippen molar-refractivity contribution in [3.63, 3.8) is 0 Å². The van der Waals surface area contributed by atoms with Crippen LogP contribution >= 0.6 is 35.0 Å². The minimum atomic E-state index is -0.565. The van der Waals surface area contributed by atoms with Gasteiger partial charge in [0.1, 0.15) is 10.7 Å². The number of nitrogens with zero attached hydrogens (tertiary/aromatic N) is 2. The monoisotopic (exact) mass is 479 g/mol. The number of hydrogen-bond donors (Lipinski definition) is 1. The first kappa shape index (κ1) is 23.0. The molecular formula is C21H19Cl2N3O4S. The number of halogens is 2. The topological polar surface area (TPSA) is 82.3 Å². The molecule has 2 aromatic carbocycles. The normalized spacial score (nSPS) is 10.7. The first-order valence-corrected chi connectivity index (χ1v) is 11.1. The average molecular weight is 480 g/mol. The lowest BCUT2D eigenvalue weighted by Crippen LogP contribution is -2.24. The second kappa shape index (κ2) is 10.1. The lowest BCUT2D eigenvalue weighted by atomic mass is 10.3. The predicted octanol–water partition coefficient (Wildman–Crippen LogP) is 4.07. The van der Waals surface area contributed by atoms with Crippen molar-refractivity contribution >= 4 is 52.5 Å². The lowest BCUT2D eigenvalue weighted by molar-refractivity contribution is -0.131. The zero-order valence-electron chi connectivity index (χ0n) is 16.7. The van der Waals surface area contributed by atoms with Crippen molar-refractivity contribution in [2.45, 2.75) is 6.92 Å². The van der Waals surface area contributed by atoms with Gasteiger partial charge in [0.25, 0.3) is 5.56 Å². The number of aromatic nitrogens is 2. The number of ether oxygens (including phenoxy) is 1. The fraction of sp³-hybridized carbons (Fsp3) is 0.190. The second-order valence-corrected chi connectivity index (χ2v) is 8.27. The minimum Gasteiger partial charge on any atom is -0.424 e. The van der Waals surface area contributed by atoms with Gasteiger partial charge in [0.05, 0.1) is 27.9 Å². The van der Waals surface area contributed by atoms with E-state index < -0.39 is 11.9 Å². The molecular weight excluding hydrogens is 461 g/mol. The number of anilines is 1. The SMILES string of the molecule is Cc1c(NC(=O)CSCC(=O)Oc2cccc(Cl)c2Cl)c(=O)n(-c2ccccc2)n1C. The van der Waals surface area contributed by atoms with E-state index >= 15 is 0 Å². The molecule has 3 aromatic rings. The maximum atomic E-state index is 12.8. The highest BCUT2D eigenvalue weighted by atomic mass is 35.5. The highest BCUT2D eigenvalue weighted by molar-refractivity contribution is 8.00. The molecule has 1 N–H and O–H groups in total. The number of hydrogen-bond acceptors (Lipinski definition) is 5. The van der Waals surface area contributed by atoms with Crippen LogP contribution in [0.4, 0.5) is 5.69 Å². The van der Waals surface area contributed by atoms with E-state index in [1.54, 1.807) is 42.9 Å². The fourth-order valence-corrected chi connectivity index (χ4v) is 3.75. The molecule has 0 aliphatic rings. The minimum absolute atomic E-state index is 0.0303. The van der Waals surface area contributed by atoms with Gasteiger partial charge in [-0.3, -0.25) is 19.1 Å². The molecule has 0 spiro atoms. The van der Waals surface area contributed by atoms with Gasteiger partial charge in [-0.1, -0.05) is 47.5 Å². The van der Waals surface area contributed by atoms with Gasteiger partial charge in [0, 0.05) is 7.05 Å². The largest absolute Gasteiger partial charge is 0.424 e. The third kappa shape index (κ3) is 5.33. The molecule has 31 heavy (non-hydrogen) atoms. The Kier molecular flexibility index (Phi) is 7.48. The van der Waals surface area contributed by atoms with Crippen molar-refractivity contribution in [3.05, 3.63) is 74.6 Å². The quantitative estimate of drug-likeness (QED) is 0.407. The van der Waals surface area contributed by atoms with E-state index in [-0.39, 0.29) is 38.5 Å². The van der Waals surface area contributed by atoms with Gasteiger partial charge < -0.3 is 10.1 Å². The number of carbonyl (C=O) groups excluding carboxylic acids is 2. The molecule has 1 amide bonds. The Labute approximate surface area is 192 Å². The molecule has 0 radical (unpaired) electrons. The molecule has 0 atom stereocenters. The molecule has 3 rings (SSSR count). The van der Waals surface area contributed by atoms with Crippen molar-refractivity contribution in [1.29, 1.82) is 0 Å². The number of benzene rings is 2. The number of esters is 1. The Hall–Kier alpha value is -2.68. The van der Waals surface area contributed by atoms with Crippen molar-refractivity contribution in [2.75, 3.05) is 16.8 Å². The molecule has 7 nitrogen and oxygen atoms in total. The summed E-state index contributed by atoms with van der Waals surface area (Å²) in [5, 5.41) is 3.07. The number of para-hydroxylation sites is 1. The summed E-state index contributed by atoms with van der Waals surface area (Å²) >= 11 is 12.9. The van der Waals surface area contributed by atoms with Crippen molar-refractivity contribution in [3.8, 4) is 11.4 Å². The molecule has 0 aliphatic heterocycles. The third-order valence-corrected chi connectivity index (χ3v) is 6.12. The Bertz CT molecular complexity index is 1180. The van der Waals surface area contributed by atoms with E-state index in [1.165, 1.54) is 10.7 Å². The predicted molar refractivity (Wildman–Crippen MR) is 124 cm³/mol.